The monoisotopic (exact) mass is 195 g/mol. The Hall–Kier alpha value is -0.870. The molecule has 0 spiro atoms. The largest absolute Gasteiger partial charge is 0.389 e. The number of aryl methyl sites for hydroxylation is 1. The highest BCUT2D eigenvalue weighted by Gasteiger charge is 2.33. The van der Waals surface area contributed by atoms with E-state index in [-0.39, 0.29) is 0 Å². The van der Waals surface area contributed by atoms with Crippen molar-refractivity contribution in [3.05, 3.63) is 18.2 Å². The number of aliphatic hydroxyl groups is 1. The molecule has 2 rings (SSSR count). The summed E-state index contributed by atoms with van der Waals surface area (Å²) in [6.45, 7) is 1.47. The fourth-order valence-corrected chi connectivity index (χ4v) is 1.74. The van der Waals surface area contributed by atoms with Crippen LogP contribution in [0.1, 0.15) is 25.0 Å². The van der Waals surface area contributed by atoms with E-state index < -0.39 is 5.60 Å². The smallest absolute Gasteiger partial charge is 0.0945 e. The van der Waals surface area contributed by atoms with Crippen molar-refractivity contribution < 1.29 is 5.11 Å². The summed E-state index contributed by atoms with van der Waals surface area (Å²) in [5, 5.41) is 13.1. The average Bonchev–Trinajstić information content (AvgIpc) is 2.49. The van der Waals surface area contributed by atoms with E-state index >= 15 is 0 Å². The molecule has 0 saturated heterocycles. The summed E-state index contributed by atoms with van der Waals surface area (Å²) in [5.41, 5.74) is 0.714. The highest BCUT2D eigenvalue weighted by molar-refractivity contribution is 4.98. The minimum Gasteiger partial charge on any atom is -0.389 e. The van der Waals surface area contributed by atoms with E-state index in [9.17, 15) is 5.11 Å². The molecule has 0 aliphatic heterocycles. The molecule has 78 valence electrons. The molecule has 1 aromatic rings. The van der Waals surface area contributed by atoms with E-state index in [1.807, 2.05) is 17.8 Å². The highest BCUT2D eigenvalue weighted by Crippen LogP contribution is 2.30. The van der Waals surface area contributed by atoms with E-state index in [1.165, 1.54) is 0 Å². The van der Waals surface area contributed by atoms with Crippen LogP contribution in [0.5, 0.6) is 0 Å². The molecular formula is C10H17N3O. The summed E-state index contributed by atoms with van der Waals surface area (Å²) < 4.78 is 1.98. The first-order valence-electron chi connectivity index (χ1n) is 5.08. The molecule has 0 atom stereocenters. The van der Waals surface area contributed by atoms with Crippen LogP contribution in [-0.4, -0.2) is 26.8 Å². The topological polar surface area (TPSA) is 50.1 Å². The maximum atomic E-state index is 9.82. The van der Waals surface area contributed by atoms with Crippen molar-refractivity contribution in [3.63, 3.8) is 0 Å². The Bertz CT molecular complexity index is 304. The van der Waals surface area contributed by atoms with Gasteiger partial charge in [-0.25, -0.2) is 4.98 Å². The van der Waals surface area contributed by atoms with Gasteiger partial charge in [-0.2, -0.15) is 0 Å². The number of imidazole rings is 1. The van der Waals surface area contributed by atoms with Gasteiger partial charge in [-0.1, -0.05) is 0 Å². The maximum Gasteiger partial charge on any atom is 0.0945 e. The summed E-state index contributed by atoms with van der Waals surface area (Å²) in [7, 11) is 1.97. The summed E-state index contributed by atoms with van der Waals surface area (Å²) in [4.78, 5) is 4.03. The van der Waals surface area contributed by atoms with Crippen molar-refractivity contribution >= 4 is 0 Å². The molecule has 1 aliphatic rings. The van der Waals surface area contributed by atoms with Gasteiger partial charge in [-0.3, -0.25) is 0 Å². The molecule has 2 N–H and O–H groups in total. The fraction of sp³-hybridized carbons (Fsp3) is 0.700. The van der Waals surface area contributed by atoms with Gasteiger partial charge in [0.15, 0.2) is 0 Å². The minimum absolute atomic E-state index is 0.432. The van der Waals surface area contributed by atoms with Gasteiger partial charge in [-0.15, -0.1) is 0 Å². The Balaban J connectivity index is 1.75. The molecular weight excluding hydrogens is 178 g/mol. The lowest BCUT2D eigenvalue weighted by atomic mass is 9.80. The summed E-state index contributed by atoms with van der Waals surface area (Å²) in [6.07, 6.45) is 6.66. The zero-order valence-corrected chi connectivity index (χ0v) is 8.53. The third-order valence-electron chi connectivity index (χ3n) is 2.96. The summed E-state index contributed by atoms with van der Waals surface area (Å²) in [6, 6.07) is 0. The third kappa shape index (κ3) is 1.96. The molecule has 4 heteroatoms. The lowest BCUT2D eigenvalue weighted by Gasteiger charge is -2.36. The fourth-order valence-electron chi connectivity index (χ4n) is 1.74. The number of aromatic nitrogens is 2. The molecule has 1 fully saturated rings. The first-order valence-corrected chi connectivity index (χ1v) is 5.08. The molecule has 0 amide bonds. The Morgan fingerprint density at radius 3 is 2.93 bits per heavy atom. The van der Waals surface area contributed by atoms with Crippen molar-refractivity contribution in [2.24, 2.45) is 7.05 Å². The maximum absolute atomic E-state index is 9.82. The zero-order chi connectivity index (χ0) is 10.0. The van der Waals surface area contributed by atoms with Crippen LogP contribution in [0.15, 0.2) is 12.5 Å². The van der Waals surface area contributed by atoms with E-state index in [0.29, 0.717) is 6.54 Å². The number of rotatable bonds is 4. The normalized spacial score (nSPS) is 19.3. The predicted octanol–water partition coefficient (Wildman–Crippen LogP) is 0.425. The molecule has 0 aromatic carbocycles. The quantitative estimate of drug-likeness (QED) is 0.732. The standard InChI is InChI=1S/C10H17N3O/c1-13-8-12-6-9(13)5-11-7-10(14)3-2-4-10/h6,8,11,14H,2-5,7H2,1H3. The second-order valence-electron chi connectivity index (χ2n) is 4.18. The molecule has 4 nitrogen and oxygen atoms in total. The second-order valence-corrected chi connectivity index (χ2v) is 4.18. The Labute approximate surface area is 84.0 Å². The molecule has 0 radical (unpaired) electrons. The van der Waals surface area contributed by atoms with Gasteiger partial charge < -0.3 is 15.0 Å². The van der Waals surface area contributed by atoms with Crippen LogP contribution in [0.25, 0.3) is 0 Å². The van der Waals surface area contributed by atoms with Gasteiger partial charge in [0.2, 0.25) is 0 Å². The van der Waals surface area contributed by atoms with Crippen LogP contribution in [0.4, 0.5) is 0 Å². The Kier molecular flexibility index (Phi) is 2.56. The van der Waals surface area contributed by atoms with E-state index in [1.54, 1.807) is 6.33 Å². The molecule has 1 aromatic heterocycles. The lowest BCUT2D eigenvalue weighted by molar-refractivity contribution is -0.0315. The van der Waals surface area contributed by atoms with Gasteiger partial charge >= 0.3 is 0 Å². The summed E-state index contributed by atoms with van der Waals surface area (Å²) >= 11 is 0. The molecule has 1 heterocycles. The molecule has 1 saturated carbocycles. The van der Waals surface area contributed by atoms with E-state index in [0.717, 1.165) is 31.5 Å². The van der Waals surface area contributed by atoms with Crippen LogP contribution >= 0.6 is 0 Å². The molecule has 0 unspecified atom stereocenters. The van der Waals surface area contributed by atoms with Crippen molar-refractivity contribution in [2.75, 3.05) is 6.54 Å². The van der Waals surface area contributed by atoms with Gasteiger partial charge in [0.05, 0.1) is 17.6 Å². The van der Waals surface area contributed by atoms with Crippen molar-refractivity contribution in [1.29, 1.82) is 0 Å². The van der Waals surface area contributed by atoms with Crippen LogP contribution in [0, 0.1) is 0 Å². The number of hydrogen-bond donors (Lipinski definition) is 2. The van der Waals surface area contributed by atoms with Crippen LogP contribution in [-0.2, 0) is 13.6 Å². The van der Waals surface area contributed by atoms with Crippen molar-refractivity contribution in [1.82, 2.24) is 14.9 Å². The first kappa shape index (κ1) is 9.68. The van der Waals surface area contributed by atoms with Gasteiger partial charge in [0.25, 0.3) is 0 Å². The van der Waals surface area contributed by atoms with Crippen molar-refractivity contribution in [3.8, 4) is 0 Å². The predicted molar refractivity (Wildman–Crippen MR) is 53.7 cm³/mol. The van der Waals surface area contributed by atoms with Crippen LogP contribution in [0.2, 0.25) is 0 Å². The van der Waals surface area contributed by atoms with Gasteiger partial charge in [-0.05, 0) is 19.3 Å². The van der Waals surface area contributed by atoms with E-state index in [4.69, 9.17) is 0 Å². The molecule has 14 heavy (non-hydrogen) atoms. The van der Waals surface area contributed by atoms with Crippen LogP contribution in [0.3, 0.4) is 0 Å². The SMILES string of the molecule is Cn1cncc1CNCC1(O)CCC1. The summed E-state index contributed by atoms with van der Waals surface area (Å²) in [5.74, 6) is 0. The van der Waals surface area contributed by atoms with Crippen molar-refractivity contribution in [2.45, 2.75) is 31.4 Å². The van der Waals surface area contributed by atoms with Gasteiger partial charge in [0, 0.05) is 26.3 Å². The number of nitrogens with zero attached hydrogens (tertiary/aromatic N) is 2. The number of nitrogens with one attached hydrogen (secondary N) is 1. The average molecular weight is 195 g/mol. The minimum atomic E-state index is -0.432. The Morgan fingerprint density at radius 1 is 1.64 bits per heavy atom. The van der Waals surface area contributed by atoms with Crippen LogP contribution < -0.4 is 5.32 Å². The third-order valence-corrected chi connectivity index (χ3v) is 2.96. The second kappa shape index (κ2) is 3.71. The molecule has 0 bridgehead atoms. The number of hydrogen-bond acceptors (Lipinski definition) is 3. The van der Waals surface area contributed by atoms with Gasteiger partial charge in [0.1, 0.15) is 0 Å². The molecule has 1 aliphatic carbocycles. The lowest BCUT2D eigenvalue weighted by Crippen LogP contribution is -2.46. The van der Waals surface area contributed by atoms with E-state index in [2.05, 4.69) is 10.3 Å². The Morgan fingerprint density at radius 2 is 2.43 bits per heavy atom. The zero-order valence-electron chi connectivity index (χ0n) is 8.53. The first-order chi connectivity index (χ1) is 6.70. The highest BCUT2D eigenvalue weighted by atomic mass is 16.3.